The van der Waals surface area contributed by atoms with Gasteiger partial charge in [-0.3, -0.25) is 0 Å². The number of carbonyl (C=O) groups excluding carboxylic acids is 1. The van der Waals surface area contributed by atoms with Crippen LogP contribution >= 0.6 is 15.9 Å². The molecule has 0 heterocycles. The van der Waals surface area contributed by atoms with Crippen LogP contribution in [0.25, 0.3) is 0 Å². The summed E-state index contributed by atoms with van der Waals surface area (Å²) in [6.07, 6.45) is 4.50. The van der Waals surface area contributed by atoms with Crippen molar-refractivity contribution in [3.8, 4) is 0 Å². The number of aldehydes is 1. The molecule has 3 atom stereocenters. The molecule has 0 bridgehead atoms. The Kier molecular flexibility index (Phi) is 2.96. The lowest BCUT2D eigenvalue weighted by molar-refractivity contribution is -0.111. The lowest BCUT2D eigenvalue weighted by Crippen LogP contribution is -2.21. The topological polar surface area (TPSA) is 17.1 Å². The molecule has 0 N–H and O–H groups in total. The van der Waals surface area contributed by atoms with E-state index in [1.165, 1.54) is 0 Å². The molecule has 0 aromatic carbocycles. The standard InChI is InChI=1S/C7H12BBrO/c8-7-3-6(9)2-1-5(7)4-10/h4-7H,1-3,8H2. The number of hydrogen-bond donors (Lipinski definition) is 0. The highest BCUT2D eigenvalue weighted by Crippen LogP contribution is 2.34. The number of hydrogen-bond acceptors (Lipinski definition) is 1. The Morgan fingerprint density at radius 1 is 1.50 bits per heavy atom. The van der Waals surface area contributed by atoms with E-state index in [1.807, 2.05) is 0 Å². The highest BCUT2D eigenvalue weighted by atomic mass is 79.9. The summed E-state index contributed by atoms with van der Waals surface area (Å²) in [7, 11) is 2.16. The molecule has 0 saturated heterocycles. The molecule has 10 heavy (non-hydrogen) atoms. The van der Waals surface area contributed by atoms with Gasteiger partial charge >= 0.3 is 0 Å². The third-order valence-corrected chi connectivity index (χ3v) is 3.18. The summed E-state index contributed by atoms with van der Waals surface area (Å²) in [4.78, 5) is 11.1. The van der Waals surface area contributed by atoms with Crippen molar-refractivity contribution in [2.24, 2.45) is 5.92 Å². The van der Waals surface area contributed by atoms with Crippen molar-refractivity contribution in [2.75, 3.05) is 0 Å². The van der Waals surface area contributed by atoms with Crippen molar-refractivity contribution >= 4 is 30.1 Å². The van der Waals surface area contributed by atoms with Crippen LogP contribution in [0.15, 0.2) is 0 Å². The molecule has 1 rings (SSSR count). The van der Waals surface area contributed by atoms with Crippen LogP contribution in [0.5, 0.6) is 0 Å². The molecule has 1 nitrogen and oxygen atoms in total. The molecular weight excluding hydrogens is 191 g/mol. The first kappa shape index (κ1) is 8.31. The van der Waals surface area contributed by atoms with Gasteiger partial charge in [0.1, 0.15) is 14.1 Å². The number of rotatable bonds is 1. The maximum Gasteiger partial charge on any atom is 0.122 e. The number of halogens is 1. The minimum Gasteiger partial charge on any atom is -0.303 e. The average Bonchev–Trinajstić information content (AvgIpc) is 1.88. The van der Waals surface area contributed by atoms with E-state index in [0.717, 1.165) is 25.5 Å². The fourth-order valence-electron chi connectivity index (χ4n) is 1.56. The molecule has 0 amide bonds. The Hall–Kier alpha value is 0.215. The quantitative estimate of drug-likeness (QED) is 0.355. The first-order valence-corrected chi connectivity index (χ1v) is 4.75. The minimum absolute atomic E-state index is 0.328. The van der Waals surface area contributed by atoms with E-state index in [4.69, 9.17) is 0 Å². The van der Waals surface area contributed by atoms with Crippen molar-refractivity contribution in [2.45, 2.75) is 29.9 Å². The summed E-state index contributed by atoms with van der Waals surface area (Å²) >= 11 is 3.57. The molecule has 1 fully saturated rings. The highest BCUT2D eigenvalue weighted by molar-refractivity contribution is 9.09. The Morgan fingerprint density at radius 2 is 2.20 bits per heavy atom. The Balaban J connectivity index is 2.43. The van der Waals surface area contributed by atoms with Crippen LogP contribution in [0.3, 0.4) is 0 Å². The first-order valence-electron chi connectivity index (χ1n) is 3.83. The van der Waals surface area contributed by atoms with Crippen LogP contribution in [-0.2, 0) is 4.79 Å². The van der Waals surface area contributed by atoms with Gasteiger partial charge < -0.3 is 4.79 Å². The van der Waals surface area contributed by atoms with Crippen molar-refractivity contribution in [3.63, 3.8) is 0 Å². The summed E-state index contributed by atoms with van der Waals surface area (Å²) < 4.78 is 0. The normalized spacial score (nSPS) is 41.1. The SMILES string of the molecule is BC1CC(Br)CCC1C=O. The van der Waals surface area contributed by atoms with Gasteiger partial charge in [-0.1, -0.05) is 21.7 Å². The van der Waals surface area contributed by atoms with Crippen LogP contribution in [0, 0.1) is 5.92 Å². The van der Waals surface area contributed by atoms with Gasteiger partial charge in [0.25, 0.3) is 0 Å². The fraction of sp³-hybridized carbons (Fsp3) is 0.857. The molecular formula is C7H12BBrO. The van der Waals surface area contributed by atoms with Gasteiger partial charge in [0.05, 0.1) is 0 Å². The smallest absolute Gasteiger partial charge is 0.122 e. The van der Waals surface area contributed by atoms with Crippen molar-refractivity contribution in [1.82, 2.24) is 0 Å². The van der Waals surface area contributed by atoms with E-state index in [-0.39, 0.29) is 0 Å². The molecule has 0 spiro atoms. The maximum atomic E-state index is 10.5. The molecule has 1 aliphatic carbocycles. The summed E-state index contributed by atoms with van der Waals surface area (Å²) in [6.45, 7) is 0. The average molecular weight is 203 g/mol. The van der Waals surface area contributed by atoms with Crippen LogP contribution in [0.4, 0.5) is 0 Å². The molecule has 1 aliphatic rings. The van der Waals surface area contributed by atoms with Gasteiger partial charge in [-0.25, -0.2) is 0 Å². The van der Waals surface area contributed by atoms with E-state index < -0.39 is 0 Å². The second kappa shape index (κ2) is 3.56. The summed E-state index contributed by atoms with van der Waals surface area (Å²) in [5, 5.41) is 0. The van der Waals surface area contributed by atoms with E-state index in [2.05, 4.69) is 23.8 Å². The van der Waals surface area contributed by atoms with E-state index in [1.54, 1.807) is 0 Å². The van der Waals surface area contributed by atoms with Gasteiger partial charge in [0, 0.05) is 10.7 Å². The number of carbonyl (C=O) groups is 1. The minimum atomic E-state index is 0.328. The predicted octanol–water partition coefficient (Wildman–Crippen LogP) is 1.17. The third-order valence-electron chi connectivity index (χ3n) is 2.35. The monoisotopic (exact) mass is 202 g/mol. The molecule has 1 saturated carbocycles. The molecule has 0 aromatic rings. The van der Waals surface area contributed by atoms with Gasteiger partial charge in [-0.2, -0.15) is 0 Å². The zero-order valence-electron chi connectivity index (χ0n) is 6.22. The fourth-order valence-corrected chi connectivity index (χ4v) is 2.41. The molecule has 56 valence electrons. The summed E-state index contributed by atoms with van der Waals surface area (Å²) in [5.74, 6) is 0.907. The maximum absolute atomic E-state index is 10.5. The highest BCUT2D eigenvalue weighted by Gasteiger charge is 2.25. The van der Waals surface area contributed by atoms with E-state index in [9.17, 15) is 4.79 Å². The lowest BCUT2D eigenvalue weighted by Gasteiger charge is -2.27. The van der Waals surface area contributed by atoms with Gasteiger partial charge in [-0.05, 0) is 19.3 Å². The van der Waals surface area contributed by atoms with E-state index in [0.29, 0.717) is 16.6 Å². The third kappa shape index (κ3) is 1.85. The number of alkyl halides is 1. The zero-order valence-corrected chi connectivity index (χ0v) is 7.80. The Bertz CT molecular complexity index is 129. The summed E-state index contributed by atoms with van der Waals surface area (Å²) in [6, 6.07) is 0. The molecule has 3 unspecified atom stereocenters. The van der Waals surface area contributed by atoms with E-state index >= 15 is 0 Å². The second-order valence-electron chi connectivity index (χ2n) is 3.19. The lowest BCUT2D eigenvalue weighted by atomic mass is 9.69. The van der Waals surface area contributed by atoms with Gasteiger partial charge in [0.15, 0.2) is 0 Å². The van der Waals surface area contributed by atoms with Crippen LogP contribution < -0.4 is 0 Å². The molecule has 0 radical (unpaired) electrons. The Labute approximate surface area is 71.1 Å². The summed E-state index contributed by atoms with van der Waals surface area (Å²) in [5.41, 5.74) is 0. The van der Waals surface area contributed by atoms with Crippen LogP contribution in [0.2, 0.25) is 5.82 Å². The molecule has 0 aliphatic heterocycles. The van der Waals surface area contributed by atoms with Crippen LogP contribution in [0.1, 0.15) is 19.3 Å². The van der Waals surface area contributed by atoms with Gasteiger partial charge in [0.2, 0.25) is 0 Å². The van der Waals surface area contributed by atoms with Crippen molar-refractivity contribution < 1.29 is 4.79 Å². The first-order chi connectivity index (χ1) is 4.74. The van der Waals surface area contributed by atoms with Crippen molar-refractivity contribution in [3.05, 3.63) is 0 Å². The second-order valence-corrected chi connectivity index (χ2v) is 4.48. The van der Waals surface area contributed by atoms with Crippen LogP contribution in [-0.4, -0.2) is 19.0 Å². The van der Waals surface area contributed by atoms with Crippen molar-refractivity contribution in [1.29, 1.82) is 0 Å². The largest absolute Gasteiger partial charge is 0.303 e. The molecule has 0 aromatic heterocycles. The van der Waals surface area contributed by atoms with Gasteiger partial charge in [-0.15, -0.1) is 0 Å². The zero-order chi connectivity index (χ0) is 7.56. The predicted molar refractivity (Wildman–Crippen MR) is 48.4 cm³/mol. The Morgan fingerprint density at radius 3 is 2.70 bits per heavy atom. The molecule has 3 heteroatoms.